The third-order valence-corrected chi connectivity index (χ3v) is 4.43. The van der Waals surface area contributed by atoms with Crippen molar-refractivity contribution in [2.75, 3.05) is 25.6 Å². The number of nitrogens with two attached hydrogens (primary N) is 1. The van der Waals surface area contributed by atoms with Gasteiger partial charge in [0.15, 0.2) is 0 Å². The highest BCUT2D eigenvalue weighted by atomic mass is 16.5. The van der Waals surface area contributed by atoms with Crippen LogP contribution in [0.4, 0.5) is 5.69 Å². The number of rotatable bonds is 1. The van der Waals surface area contributed by atoms with Gasteiger partial charge in [-0.25, -0.2) is 0 Å². The van der Waals surface area contributed by atoms with Crippen molar-refractivity contribution in [1.29, 1.82) is 0 Å². The van der Waals surface area contributed by atoms with Gasteiger partial charge in [0.05, 0.1) is 19.7 Å². The Labute approximate surface area is 103 Å². The molecule has 92 valence electrons. The zero-order chi connectivity index (χ0) is 12.0. The number of benzene rings is 1. The van der Waals surface area contributed by atoms with E-state index < -0.39 is 0 Å². The normalized spacial score (nSPS) is 31.0. The van der Waals surface area contributed by atoms with E-state index >= 15 is 0 Å². The molecular weight excluding hydrogens is 212 g/mol. The lowest BCUT2D eigenvalue weighted by molar-refractivity contribution is -0.696. The predicted octanol–water partition coefficient (Wildman–Crippen LogP) is 0.953. The van der Waals surface area contributed by atoms with E-state index in [0.717, 1.165) is 5.75 Å². The molecule has 3 rings (SSSR count). The maximum Gasteiger partial charge on any atom is 0.120 e. The van der Waals surface area contributed by atoms with E-state index in [1.807, 2.05) is 0 Å². The van der Waals surface area contributed by atoms with Crippen molar-refractivity contribution >= 4 is 5.69 Å². The van der Waals surface area contributed by atoms with Crippen LogP contribution in [0.15, 0.2) is 18.2 Å². The van der Waals surface area contributed by atoms with Crippen molar-refractivity contribution < 1.29 is 10.1 Å². The van der Waals surface area contributed by atoms with Crippen molar-refractivity contribution in [1.82, 2.24) is 0 Å². The third-order valence-electron chi connectivity index (χ3n) is 4.43. The molecule has 0 aliphatic carbocycles. The van der Waals surface area contributed by atoms with Crippen LogP contribution in [-0.2, 0) is 0 Å². The minimum absolute atomic E-state index is 0.644. The highest BCUT2D eigenvalue weighted by molar-refractivity contribution is 5.64. The average Bonchev–Trinajstić information content (AvgIpc) is 2.64. The minimum atomic E-state index is 0.644. The number of likely N-dealkylation sites (N-methyl/N-ethyl adjacent to an activating group) is 1. The second kappa shape index (κ2) is 3.91. The summed E-state index contributed by atoms with van der Waals surface area (Å²) in [6.45, 7) is 3.60. The second-order valence-electron chi connectivity index (χ2n) is 5.30. The molecule has 1 saturated heterocycles. The van der Waals surface area contributed by atoms with Gasteiger partial charge in [0.1, 0.15) is 11.8 Å². The lowest BCUT2D eigenvalue weighted by atomic mass is 9.85. The molecule has 2 N–H and O–H groups in total. The molecule has 0 radical (unpaired) electrons. The van der Waals surface area contributed by atoms with Gasteiger partial charge in [-0.2, -0.15) is 0 Å². The molecule has 0 saturated carbocycles. The van der Waals surface area contributed by atoms with Crippen LogP contribution in [0.2, 0.25) is 0 Å². The fourth-order valence-corrected chi connectivity index (χ4v) is 3.61. The van der Waals surface area contributed by atoms with Gasteiger partial charge in [0.25, 0.3) is 0 Å². The lowest BCUT2D eigenvalue weighted by Crippen LogP contribution is -2.94. The molecule has 1 aromatic carbocycles. The van der Waals surface area contributed by atoms with Crippen molar-refractivity contribution in [3.8, 4) is 5.75 Å². The molecule has 1 aromatic rings. The number of hydrogen-bond donors (Lipinski definition) is 1. The van der Waals surface area contributed by atoms with Gasteiger partial charge in [-0.1, -0.05) is 6.07 Å². The monoisotopic (exact) mass is 233 g/mol. The van der Waals surface area contributed by atoms with E-state index in [9.17, 15) is 0 Å². The Kier molecular flexibility index (Phi) is 2.51. The Hall–Kier alpha value is -1.22. The number of piperidine rings is 1. The van der Waals surface area contributed by atoms with Crippen LogP contribution < -0.4 is 15.0 Å². The minimum Gasteiger partial charge on any atom is -0.497 e. The number of ether oxygens (including phenoxy) is 1. The first-order valence-electron chi connectivity index (χ1n) is 6.46. The fourth-order valence-electron chi connectivity index (χ4n) is 3.61. The van der Waals surface area contributed by atoms with Crippen LogP contribution in [-0.4, -0.2) is 32.8 Å². The Balaban J connectivity index is 2.04. The summed E-state index contributed by atoms with van der Waals surface area (Å²) in [5.41, 5.74) is 2.87. The molecule has 0 spiro atoms. The van der Waals surface area contributed by atoms with Crippen molar-refractivity contribution in [2.45, 2.75) is 31.3 Å². The second-order valence-corrected chi connectivity index (χ2v) is 5.30. The molecule has 0 bridgehead atoms. The van der Waals surface area contributed by atoms with Crippen molar-refractivity contribution in [3.05, 3.63) is 23.8 Å². The summed E-state index contributed by atoms with van der Waals surface area (Å²) in [4.78, 5) is 2.45. The van der Waals surface area contributed by atoms with Crippen molar-refractivity contribution in [2.24, 2.45) is 0 Å². The van der Waals surface area contributed by atoms with Gasteiger partial charge in [0.2, 0.25) is 0 Å². The first-order valence-corrected chi connectivity index (χ1v) is 6.46. The molecule has 3 nitrogen and oxygen atoms in total. The van der Waals surface area contributed by atoms with Gasteiger partial charge in [-0.05, 0) is 18.6 Å². The summed E-state index contributed by atoms with van der Waals surface area (Å²) in [7, 11) is 3.96. The van der Waals surface area contributed by atoms with E-state index in [1.54, 1.807) is 7.11 Å². The molecule has 0 unspecified atom stereocenters. The molecule has 2 aliphatic rings. The predicted molar refractivity (Wildman–Crippen MR) is 68.8 cm³/mol. The van der Waals surface area contributed by atoms with Gasteiger partial charge >= 0.3 is 0 Å². The molecule has 0 amide bonds. The van der Waals surface area contributed by atoms with E-state index in [4.69, 9.17) is 4.74 Å². The van der Waals surface area contributed by atoms with Crippen LogP contribution in [0, 0.1) is 0 Å². The molecular formula is C14H21N2O+. The fraction of sp³-hybridized carbons (Fsp3) is 0.571. The van der Waals surface area contributed by atoms with Crippen LogP contribution in [0.3, 0.4) is 0 Å². The third kappa shape index (κ3) is 1.53. The number of quaternary nitrogens is 1. The van der Waals surface area contributed by atoms with Crippen LogP contribution >= 0.6 is 0 Å². The lowest BCUT2D eigenvalue weighted by Gasteiger charge is -2.34. The number of nitrogens with zero attached hydrogens (tertiary/aromatic N) is 1. The summed E-state index contributed by atoms with van der Waals surface area (Å²) in [6.07, 6.45) is 1.29. The summed E-state index contributed by atoms with van der Waals surface area (Å²) < 4.78 is 5.33. The smallest absolute Gasteiger partial charge is 0.120 e. The molecule has 0 aromatic heterocycles. The largest absolute Gasteiger partial charge is 0.497 e. The number of anilines is 1. The highest BCUT2D eigenvalue weighted by Gasteiger charge is 2.43. The average molecular weight is 233 g/mol. The number of fused-ring (bicyclic) bond motifs is 3. The highest BCUT2D eigenvalue weighted by Crippen LogP contribution is 2.44. The first-order chi connectivity index (χ1) is 8.22. The Morgan fingerprint density at radius 2 is 2.24 bits per heavy atom. The van der Waals surface area contributed by atoms with E-state index in [1.165, 1.54) is 24.2 Å². The topological polar surface area (TPSA) is 29.1 Å². The molecule has 1 fully saturated rings. The molecule has 2 aliphatic heterocycles. The van der Waals surface area contributed by atoms with Gasteiger partial charge in [-0.3, -0.25) is 0 Å². The van der Waals surface area contributed by atoms with E-state index in [-0.39, 0.29) is 0 Å². The zero-order valence-electron chi connectivity index (χ0n) is 10.8. The van der Waals surface area contributed by atoms with Gasteiger partial charge < -0.3 is 15.0 Å². The quantitative estimate of drug-likeness (QED) is 0.782. The Bertz CT molecular complexity index is 432. The summed E-state index contributed by atoms with van der Waals surface area (Å²) >= 11 is 0. The zero-order valence-corrected chi connectivity index (χ0v) is 10.8. The van der Waals surface area contributed by atoms with Crippen molar-refractivity contribution in [3.63, 3.8) is 0 Å². The Morgan fingerprint density at radius 1 is 1.41 bits per heavy atom. The van der Waals surface area contributed by atoms with Crippen LogP contribution in [0.5, 0.6) is 5.75 Å². The standard InChI is InChI=1S/C14H20N2O/c1-9-14-12(6-7-15-9)11-5-4-10(17-3)8-13(11)16(14)2/h4-5,8-9,12,14-15H,6-7H2,1-3H3/p+1/t9-,12+,14+/m0/s1. The molecule has 17 heavy (non-hydrogen) atoms. The van der Waals surface area contributed by atoms with Crippen LogP contribution in [0.25, 0.3) is 0 Å². The molecule has 3 heteroatoms. The van der Waals surface area contributed by atoms with Gasteiger partial charge in [0, 0.05) is 31.1 Å². The molecule has 3 atom stereocenters. The Morgan fingerprint density at radius 3 is 3.00 bits per heavy atom. The SMILES string of the molecule is COc1ccc2c(c1)N(C)[C@@H]1[C@H](C)[NH2+]CC[C@H]21. The number of methoxy groups -OCH3 is 1. The maximum absolute atomic E-state index is 5.33. The summed E-state index contributed by atoms with van der Waals surface area (Å²) in [6, 6.07) is 7.86. The van der Waals surface area contributed by atoms with Crippen LogP contribution in [0.1, 0.15) is 24.8 Å². The van der Waals surface area contributed by atoms with Gasteiger partial charge in [-0.15, -0.1) is 0 Å². The van der Waals surface area contributed by atoms with E-state index in [0.29, 0.717) is 18.0 Å². The first kappa shape index (κ1) is 10.9. The maximum atomic E-state index is 5.33. The molecule has 2 heterocycles. The summed E-state index contributed by atoms with van der Waals surface area (Å²) in [5, 5.41) is 2.47. The summed E-state index contributed by atoms with van der Waals surface area (Å²) in [5.74, 6) is 1.67. The number of hydrogen-bond acceptors (Lipinski definition) is 2. The van der Waals surface area contributed by atoms with E-state index in [2.05, 4.69) is 42.4 Å².